The highest BCUT2D eigenvalue weighted by Crippen LogP contribution is 2.48. The summed E-state index contributed by atoms with van der Waals surface area (Å²) in [5, 5.41) is 0. The summed E-state index contributed by atoms with van der Waals surface area (Å²) in [5.41, 5.74) is 7.68. The Morgan fingerprint density at radius 1 is 1.43 bits per heavy atom. The minimum absolute atomic E-state index is 0.138. The zero-order valence-electron chi connectivity index (χ0n) is 8.42. The van der Waals surface area contributed by atoms with Gasteiger partial charge in [-0.1, -0.05) is 24.3 Å². The van der Waals surface area contributed by atoms with Gasteiger partial charge >= 0.3 is 0 Å². The predicted molar refractivity (Wildman–Crippen MR) is 55.7 cm³/mol. The molecule has 0 radical (unpaired) electrons. The van der Waals surface area contributed by atoms with Crippen LogP contribution in [0.25, 0.3) is 0 Å². The summed E-state index contributed by atoms with van der Waals surface area (Å²) in [6.45, 7) is 2.08. The second-order valence-electron chi connectivity index (χ2n) is 4.25. The van der Waals surface area contributed by atoms with E-state index in [1.54, 1.807) is 0 Å². The Morgan fingerprint density at radius 2 is 2.07 bits per heavy atom. The Hall–Kier alpha value is -1.31. The van der Waals surface area contributed by atoms with Crippen LogP contribution < -0.4 is 5.73 Å². The Bertz CT molecular complexity index is 366. The molecule has 0 heterocycles. The maximum absolute atomic E-state index is 11.2. The van der Waals surface area contributed by atoms with Gasteiger partial charge in [-0.05, 0) is 37.3 Å². The van der Waals surface area contributed by atoms with E-state index in [1.807, 2.05) is 12.1 Å². The highest BCUT2D eigenvalue weighted by molar-refractivity contribution is 5.84. The van der Waals surface area contributed by atoms with Gasteiger partial charge in [-0.25, -0.2) is 0 Å². The number of amides is 1. The second-order valence-corrected chi connectivity index (χ2v) is 4.25. The SMILES string of the molecule is Cc1ccccc1CC1(C(N)=O)CC1. The molecule has 0 saturated heterocycles. The van der Waals surface area contributed by atoms with Gasteiger partial charge < -0.3 is 5.73 Å². The molecular weight excluding hydrogens is 174 g/mol. The number of nitrogens with two attached hydrogens (primary N) is 1. The van der Waals surface area contributed by atoms with Crippen LogP contribution in [0.3, 0.4) is 0 Å². The first-order chi connectivity index (χ1) is 6.64. The van der Waals surface area contributed by atoms with Crippen molar-refractivity contribution in [2.45, 2.75) is 26.2 Å². The standard InChI is InChI=1S/C12H15NO/c1-9-4-2-3-5-10(9)8-12(6-7-12)11(13)14/h2-5H,6-8H2,1H3,(H2,13,14). The summed E-state index contributed by atoms with van der Waals surface area (Å²) in [4.78, 5) is 11.2. The fourth-order valence-electron chi connectivity index (χ4n) is 1.83. The van der Waals surface area contributed by atoms with Crippen molar-refractivity contribution in [2.75, 3.05) is 0 Å². The summed E-state index contributed by atoms with van der Waals surface area (Å²) >= 11 is 0. The Morgan fingerprint density at radius 3 is 2.57 bits per heavy atom. The first-order valence-corrected chi connectivity index (χ1v) is 4.98. The topological polar surface area (TPSA) is 43.1 Å². The van der Waals surface area contributed by atoms with Gasteiger partial charge in [-0.2, -0.15) is 0 Å². The van der Waals surface area contributed by atoms with Crippen LogP contribution >= 0.6 is 0 Å². The largest absolute Gasteiger partial charge is 0.369 e. The van der Waals surface area contributed by atoms with E-state index in [0.29, 0.717) is 0 Å². The molecule has 0 aromatic heterocycles. The number of primary amides is 1. The van der Waals surface area contributed by atoms with E-state index in [9.17, 15) is 4.79 Å². The van der Waals surface area contributed by atoms with Crippen LogP contribution in [0.5, 0.6) is 0 Å². The molecule has 2 rings (SSSR count). The maximum Gasteiger partial charge on any atom is 0.223 e. The minimum atomic E-state index is -0.216. The molecule has 2 nitrogen and oxygen atoms in total. The third kappa shape index (κ3) is 1.52. The highest BCUT2D eigenvalue weighted by atomic mass is 16.1. The molecule has 0 spiro atoms. The van der Waals surface area contributed by atoms with Gasteiger partial charge in [0.05, 0.1) is 5.41 Å². The summed E-state index contributed by atoms with van der Waals surface area (Å²) in [5.74, 6) is -0.138. The predicted octanol–water partition coefficient (Wildman–Crippen LogP) is 1.80. The average Bonchev–Trinajstić information content (AvgIpc) is 2.90. The maximum atomic E-state index is 11.2. The lowest BCUT2D eigenvalue weighted by Crippen LogP contribution is -2.26. The van der Waals surface area contributed by atoms with Crippen molar-refractivity contribution in [3.05, 3.63) is 35.4 Å². The van der Waals surface area contributed by atoms with Crippen molar-refractivity contribution in [2.24, 2.45) is 11.1 Å². The number of carbonyl (C=O) groups is 1. The molecule has 1 aromatic carbocycles. The summed E-state index contributed by atoms with van der Waals surface area (Å²) in [7, 11) is 0. The van der Waals surface area contributed by atoms with Gasteiger partial charge in [0.25, 0.3) is 0 Å². The highest BCUT2D eigenvalue weighted by Gasteiger charge is 2.48. The van der Waals surface area contributed by atoms with Crippen LogP contribution in [0, 0.1) is 12.3 Å². The molecule has 0 bridgehead atoms. The van der Waals surface area contributed by atoms with Crippen LogP contribution in [0.1, 0.15) is 24.0 Å². The van der Waals surface area contributed by atoms with Gasteiger partial charge in [0, 0.05) is 0 Å². The van der Waals surface area contributed by atoms with Crippen LogP contribution in [0.4, 0.5) is 0 Å². The van der Waals surface area contributed by atoms with E-state index in [0.717, 1.165) is 19.3 Å². The van der Waals surface area contributed by atoms with Crippen LogP contribution in [0.15, 0.2) is 24.3 Å². The van der Waals surface area contributed by atoms with E-state index in [-0.39, 0.29) is 11.3 Å². The molecule has 1 aromatic rings. The normalized spacial score (nSPS) is 17.8. The molecule has 1 fully saturated rings. The van der Waals surface area contributed by atoms with E-state index < -0.39 is 0 Å². The Kier molecular flexibility index (Phi) is 2.06. The zero-order chi connectivity index (χ0) is 10.2. The van der Waals surface area contributed by atoms with Crippen molar-refractivity contribution in [1.29, 1.82) is 0 Å². The number of benzene rings is 1. The quantitative estimate of drug-likeness (QED) is 0.774. The third-order valence-electron chi connectivity index (χ3n) is 3.17. The molecule has 0 unspecified atom stereocenters. The first-order valence-electron chi connectivity index (χ1n) is 4.98. The van der Waals surface area contributed by atoms with E-state index in [2.05, 4.69) is 19.1 Å². The molecule has 1 aliphatic carbocycles. The molecule has 74 valence electrons. The molecule has 1 saturated carbocycles. The lowest BCUT2D eigenvalue weighted by molar-refractivity contribution is -0.123. The molecule has 0 aliphatic heterocycles. The molecular formula is C12H15NO. The fourth-order valence-corrected chi connectivity index (χ4v) is 1.83. The van der Waals surface area contributed by atoms with Crippen molar-refractivity contribution in [3.8, 4) is 0 Å². The van der Waals surface area contributed by atoms with Gasteiger partial charge in [-0.15, -0.1) is 0 Å². The van der Waals surface area contributed by atoms with Crippen molar-refractivity contribution in [1.82, 2.24) is 0 Å². The zero-order valence-corrected chi connectivity index (χ0v) is 8.42. The van der Waals surface area contributed by atoms with Gasteiger partial charge in [0.2, 0.25) is 5.91 Å². The third-order valence-corrected chi connectivity index (χ3v) is 3.17. The van der Waals surface area contributed by atoms with Crippen LogP contribution in [-0.4, -0.2) is 5.91 Å². The van der Waals surface area contributed by atoms with Gasteiger partial charge in [-0.3, -0.25) is 4.79 Å². The first kappa shape index (κ1) is 9.25. The summed E-state index contributed by atoms with van der Waals surface area (Å²) < 4.78 is 0. The van der Waals surface area contributed by atoms with Crippen molar-refractivity contribution in [3.63, 3.8) is 0 Å². The van der Waals surface area contributed by atoms with E-state index in [1.165, 1.54) is 11.1 Å². The van der Waals surface area contributed by atoms with Crippen LogP contribution in [0.2, 0.25) is 0 Å². The Labute approximate surface area is 84.1 Å². The molecule has 2 N–H and O–H groups in total. The average molecular weight is 189 g/mol. The van der Waals surface area contributed by atoms with Crippen molar-refractivity contribution >= 4 is 5.91 Å². The number of aryl methyl sites for hydroxylation is 1. The monoisotopic (exact) mass is 189 g/mol. The fraction of sp³-hybridized carbons (Fsp3) is 0.417. The lowest BCUT2D eigenvalue weighted by Gasteiger charge is -2.12. The van der Waals surface area contributed by atoms with E-state index in [4.69, 9.17) is 5.73 Å². The summed E-state index contributed by atoms with van der Waals surface area (Å²) in [6.07, 6.45) is 2.72. The number of rotatable bonds is 3. The molecule has 1 amide bonds. The number of carbonyl (C=O) groups excluding carboxylic acids is 1. The molecule has 14 heavy (non-hydrogen) atoms. The minimum Gasteiger partial charge on any atom is -0.369 e. The number of hydrogen-bond acceptors (Lipinski definition) is 1. The lowest BCUT2D eigenvalue weighted by atomic mass is 9.93. The second kappa shape index (κ2) is 3.12. The van der Waals surface area contributed by atoms with Gasteiger partial charge in [0.1, 0.15) is 0 Å². The smallest absolute Gasteiger partial charge is 0.223 e. The summed E-state index contributed by atoms with van der Waals surface area (Å²) in [6, 6.07) is 8.19. The van der Waals surface area contributed by atoms with Crippen LogP contribution in [-0.2, 0) is 11.2 Å². The number of hydrogen-bond donors (Lipinski definition) is 1. The molecule has 0 atom stereocenters. The Balaban J connectivity index is 2.19. The van der Waals surface area contributed by atoms with E-state index >= 15 is 0 Å². The molecule has 2 heteroatoms. The molecule has 1 aliphatic rings. The van der Waals surface area contributed by atoms with Gasteiger partial charge in [0.15, 0.2) is 0 Å². The van der Waals surface area contributed by atoms with Crippen molar-refractivity contribution < 1.29 is 4.79 Å².